The van der Waals surface area contributed by atoms with E-state index in [2.05, 4.69) is 41.4 Å². The predicted molar refractivity (Wildman–Crippen MR) is 85.6 cm³/mol. The van der Waals surface area contributed by atoms with Crippen molar-refractivity contribution in [2.24, 2.45) is 4.99 Å². The zero-order valence-electron chi connectivity index (χ0n) is 10.6. The highest BCUT2D eigenvalue weighted by molar-refractivity contribution is 14.0. The summed E-state index contributed by atoms with van der Waals surface area (Å²) in [7, 11) is 0. The van der Waals surface area contributed by atoms with Gasteiger partial charge in [-0.3, -0.25) is 4.99 Å². The molecule has 4 nitrogen and oxygen atoms in total. The van der Waals surface area contributed by atoms with Crippen LogP contribution < -0.4 is 10.6 Å². The summed E-state index contributed by atoms with van der Waals surface area (Å²) >= 11 is 1.69. The van der Waals surface area contributed by atoms with E-state index < -0.39 is 0 Å². The highest BCUT2D eigenvalue weighted by Gasteiger charge is 2.07. The second kappa shape index (κ2) is 9.64. The number of rotatable bonds is 5. The molecule has 1 rings (SSSR count). The maximum absolute atomic E-state index is 4.52. The molecule has 1 aromatic heterocycles. The van der Waals surface area contributed by atoms with Crippen molar-refractivity contribution in [3.8, 4) is 0 Å². The van der Waals surface area contributed by atoms with Crippen LogP contribution in [-0.4, -0.2) is 30.6 Å². The summed E-state index contributed by atoms with van der Waals surface area (Å²) in [5.74, 6) is 1.26. The van der Waals surface area contributed by atoms with Gasteiger partial charge < -0.3 is 10.6 Å². The van der Waals surface area contributed by atoms with Crippen molar-refractivity contribution in [1.82, 2.24) is 15.6 Å². The normalized spacial score (nSPS) is 11.2. The molecule has 1 atom stereocenters. The van der Waals surface area contributed by atoms with Gasteiger partial charge >= 0.3 is 0 Å². The zero-order valence-corrected chi connectivity index (χ0v) is 13.7. The standard InChI is InChI=1S/C11H20N4S.HI/c1-4-12-11(13-5-2)15-8-9(3)10-14-6-7-16-10;/h6-7,9H,4-5,8H2,1-3H3,(H2,12,13,15);1H. The van der Waals surface area contributed by atoms with Gasteiger partial charge in [-0.05, 0) is 13.8 Å². The van der Waals surface area contributed by atoms with Crippen molar-refractivity contribution in [3.05, 3.63) is 16.6 Å². The summed E-state index contributed by atoms with van der Waals surface area (Å²) in [6.45, 7) is 8.82. The Balaban J connectivity index is 0.00000256. The molecular formula is C11H21IN4S. The molecule has 0 spiro atoms. The number of aromatic nitrogens is 1. The molecule has 1 heterocycles. The number of nitrogens with one attached hydrogen (secondary N) is 2. The molecule has 98 valence electrons. The Labute approximate surface area is 124 Å². The highest BCUT2D eigenvalue weighted by atomic mass is 127. The van der Waals surface area contributed by atoms with Gasteiger partial charge in [0.25, 0.3) is 0 Å². The van der Waals surface area contributed by atoms with E-state index in [9.17, 15) is 0 Å². The average Bonchev–Trinajstić information content (AvgIpc) is 2.79. The van der Waals surface area contributed by atoms with Crippen molar-refractivity contribution in [2.75, 3.05) is 19.6 Å². The highest BCUT2D eigenvalue weighted by Crippen LogP contribution is 2.17. The third-order valence-corrected chi connectivity index (χ3v) is 3.09. The summed E-state index contributed by atoms with van der Waals surface area (Å²) in [5.41, 5.74) is 0. The third-order valence-electron chi connectivity index (χ3n) is 2.08. The summed E-state index contributed by atoms with van der Waals surface area (Å²) < 4.78 is 0. The minimum absolute atomic E-state index is 0. The lowest BCUT2D eigenvalue weighted by Crippen LogP contribution is -2.37. The fourth-order valence-corrected chi connectivity index (χ4v) is 1.98. The van der Waals surface area contributed by atoms with Crippen LogP contribution >= 0.6 is 35.3 Å². The molecule has 0 amide bonds. The molecule has 0 aliphatic carbocycles. The molecule has 0 fully saturated rings. The summed E-state index contributed by atoms with van der Waals surface area (Å²) in [4.78, 5) is 8.81. The molecule has 1 unspecified atom stereocenters. The first-order valence-electron chi connectivity index (χ1n) is 5.69. The van der Waals surface area contributed by atoms with Crippen LogP contribution in [0.4, 0.5) is 0 Å². The fourth-order valence-electron chi connectivity index (χ4n) is 1.29. The van der Waals surface area contributed by atoms with Gasteiger partial charge in [0, 0.05) is 30.6 Å². The Kier molecular flexibility index (Phi) is 9.43. The fraction of sp³-hybridized carbons (Fsp3) is 0.636. The maximum atomic E-state index is 4.52. The van der Waals surface area contributed by atoms with Crippen molar-refractivity contribution >= 4 is 41.3 Å². The van der Waals surface area contributed by atoms with Crippen LogP contribution in [0, 0.1) is 0 Å². The molecule has 0 bridgehead atoms. The van der Waals surface area contributed by atoms with Gasteiger partial charge in [0.05, 0.1) is 11.6 Å². The zero-order chi connectivity index (χ0) is 11.8. The number of thiazole rings is 1. The van der Waals surface area contributed by atoms with Crippen LogP contribution in [0.2, 0.25) is 0 Å². The smallest absolute Gasteiger partial charge is 0.191 e. The molecule has 0 aromatic carbocycles. The molecule has 0 saturated carbocycles. The first-order chi connectivity index (χ1) is 7.77. The number of hydrogen-bond acceptors (Lipinski definition) is 3. The summed E-state index contributed by atoms with van der Waals surface area (Å²) in [5, 5.41) is 9.57. The molecular weight excluding hydrogens is 347 g/mol. The Hall–Kier alpha value is -0.370. The van der Waals surface area contributed by atoms with Gasteiger partial charge in [-0.25, -0.2) is 4.98 Å². The van der Waals surface area contributed by atoms with E-state index in [1.54, 1.807) is 11.3 Å². The Morgan fingerprint density at radius 1 is 1.41 bits per heavy atom. The van der Waals surface area contributed by atoms with Gasteiger partial charge in [-0.15, -0.1) is 35.3 Å². The molecule has 17 heavy (non-hydrogen) atoms. The lowest BCUT2D eigenvalue weighted by atomic mass is 10.2. The minimum atomic E-state index is 0. The van der Waals surface area contributed by atoms with Crippen LogP contribution in [0.15, 0.2) is 16.6 Å². The Morgan fingerprint density at radius 3 is 2.53 bits per heavy atom. The van der Waals surface area contributed by atoms with E-state index in [0.717, 1.165) is 30.6 Å². The molecule has 2 N–H and O–H groups in total. The number of aliphatic imine (C=N–C) groups is 1. The van der Waals surface area contributed by atoms with Gasteiger partial charge in [-0.2, -0.15) is 0 Å². The SMILES string of the molecule is CCNC(=NCC(C)c1nccs1)NCC.I. The molecule has 0 aliphatic heterocycles. The number of nitrogens with zero attached hydrogens (tertiary/aromatic N) is 2. The Bertz CT molecular complexity index is 305. The molecule has 1 aromatic rings. The van der Waals surface area contributed by atoms with Crippen molar-refractivity contribution in [3.63, 3.8) is 0 Å². The lowest BCUT2D eigenvalue weighted by Gasteiger charge is -2.10. The van der Waals surface area contributed by atoms with Crippen LogP contribution in [0.1, 0.15) is 31.7 Å². The van der Waals surface area contributed by atoms with E-state index in [4.69, 9.17) is 0 Å². The van der Waals surface area contributed by atoms with Crippen LogP contribution in [-0.2, 0) is 0 Å². The van der Waals surface area contributed by atoms with E-state index >= 15 is 0 Å². The van der Waals surface area contributed by atoms with Crippen LogP contribution in [0.3, 0.4) is 0 Å². The molecule has 6 heteroatoms. The quantitative estimate of drug-likeness (QED) is 0.477. The monoisotopic (exact) mass is 368 g/mol. The molecule has 0 radical (unpaired) electrons. The third kappa shape index (κ3) is 6.21. The van der Waals surface area contributed by atoms with E-state index in [-0.39, 0.29) is 24.0 Å². The van der Waals surface area contributed by atoms with Gasteiger partial charge in [0.15, 0.2) is 5.96 Å². The first kappa shape index (κ1) is 16.6. The number of guanidine groups is 1. The Morgan fingerprint density at radius 2 is 2.06 bits per heavy atom. The van der Waals surface area contributed by atoms with Crippen molar-refractivity contribution in [2.45, 2.75) is 26.7 Å². The lowest BCUT2D eigenvalue weighted by molar-refractivity contribution is 0.747. The van der Waals surface area contributed by atoms with Gasteiger partial charge in [0.2, 0.25) is 0 Å². The topological polar surface area (TPSA) is 49.3 Å². The predicted octanol–water partition coefficient (Wildman–Crippen LogP) is 2.44. The molecule has 0 saturated heterocycles. The van der Waals surface area contributed by atoms with Gasteiger partial charge in [0.1, 0.15) is 0 Å². The van der Waals surface area contributed by atoms with E-state index in [1.165, 1.54) is 0 Å². The van der Waals surface area contributed by atoms with Crippen molar-refractivity contribution < 1.29 is 0 Å². The minimum Gasteiger partial charge on any atom is -0.357 e. The van der Waals surface area contributed by atoms with Crippen LogP contribution in [0.5, 0.6) is 0 Å². The first-order valence-corrected chi connectivity index (χ1v) is 6.57. The summed E-state index contributed by atoms with van der Waals surface area (Å²) in [6.07, 6.45) is 1.84. The number of hydrogen-bond donors (Lipinski definition) is 2. The maximum Gasteiger partial charge on any atom is 0.191 e. The summed E-state index contributed by atoms with van der Waals surface area (Å²) in [6, 6.07) is 0. The molecule has 0 aliphatic rings. The van der Waals surface area contributed by atoms with Crippen LogP contribution in [0.25, 0.3) is 0 Å². The van der Waals surface area contributed by atoms with Crippen molar-refractivity contribution in [1.29, 1.82) is 0 Å². The second-order valence-electron chi connectivity index (χ2n) is 3.52. The van der Waals surface area contributed by atoms with E-state index in [0.29, 0.717) is 5.92 Å². The average molecular weight is 368 g/mol. The number of halogens is 1. The van der Waals surface area contributed by atoms with Gasteiger partial charge in [-0.1, -0.05) is 6.92 Å². The van der Waals surface area contributed by atoms with E-state index in [1.807, 2.05) is 11.6 Å². The second-order valence-corrected chi connectivity index (χ2v) is 4.45. The largest absolute Gasteiger partial charge is 0.357 e.